The maximum absolute atomic E-state index is 11.9. The second-order valence-electron chi connectivity index (χ2n) is 5.55. The van der Waals surface area contributed by atoms with Gasteiger partial charge in [0.1, 0.15) is 5.75 Å². The van der Waals surface area contributed by atoms with Crippen molar-refractivity contribution < 1.29 is 14.3 Å². The van der Waals surface area contributed by atoms with Crippen molar-refractivity contribution in [2.75, 3.05) is 11.4 Å². The van der Waals surface area contributed by atoms with Crippen molar-refractivity contribution >= 4 is 17.6 Å². The van der Waals surface area contributed by atoms with Gasteiger partial charge in [-0.05, 0) is 43.5 Å². The zero-order valence-corrected chi connectivity index (χ0v) is 11.5. The van der Waals surface area contributed by atoms with Gasteiger partial charge in [0, 0.05) is 18.7 Å². The minimum atomic E-state index is -0.118. The lowest BCUT2D eigenvalue weighted by Gasteiger charge is -2.16. The van der Waals surface area contributed by atoms with Gasteiger partial charge in [-0.15, -0.1) is 0 Å². The van der Waals surface area contributed by atoms with Crippen molar-refractivity contribution in [1.82, 2.24) is 0 Å². The predicted octanol–water partition coefficient (Wildman–Crippen LogP) is 2.91. The van der Waals surface area contributed by atoms with E-state index in [1.165, 1.54) is 0 Å². The zero-order valence-electron chi connectivity index (χ0n) is 11.5. The number of rotatable bonds is 3. The van der Waals surface area contributed by atoms with E-state index in [2.05, 4.69) is 0 Å². The van der Waals surface area contributed by atoms with Gasteiger partial charge in [-0.25, -0.2) is 0 Å². The van der Waals surface area contributed by atoms with Crippen LogP contribution in [0.15, 0.2) is 24.3 Å². The van der Waals surface area contributed by atoms with E-state index >= 15 is 0 Å². The molecule has 2 fully saturated rings. The van der Waals surface area contributed by atoms with Crippen LogP contribution in [0, 0.1) is 5.92 Å². The maximum Gasteiger partial charge on any atom is 0.314 e. The average Bonchev–Trinajstić information content (AvgIpc) is 3.11. The molecule has 4 nitrogen and oxygen atoms in total. The molecule has 0 aromatic heterocycles. The predicted molar refractivity (Wildman–Crippen MR) is 75.6 cm³/mol. The van der Waals surface area contributed by atoms with Crippen LogP contribution in [0.3, 0.4) is 0 Å². The van der Waals surface area contributed by atoms with Crippen LogP contribution in [0.2, 0.25) is 0 Å². The third-order valence-electron chi connectivity index (χ3n) is 4.13. The molecule has 3 rings (SSSR count). The molecule has 0 N–H and O–H groups in total. The maximum atomic E-state index is 11.9. The molecule has 1 aromatic carbocycles. The molecule has 1 aliphatic carbocycles. The van der Waals surface area contributed by atoms with Crippen LogP contribution in [0.4, 0.5) is 5.69 Å². The fraction of sp³-hybridized carbons (Fsp3) is 0.500. The van der Waals surface area contributed by atoms with Gasteiger partial charge in [-0.1, -0.05) is 12.8 Å². The van der Waals surface area contributed by atoms with E-state index in [1.54, 1.807) is 17.0 Å². The number of carbonyl (C=O) groups is 2. The molecule has 1 aromatic rings. The Morgan fingerprint density at radius 1 is 1.10 bits per heavy atom. The highest BCUT2D eigenvalue weighted by Gasteiger charge is 2.25. The van der Waals surface area contributed by atoms with E-state index < -0.39 is 0 Å². The van der Waals surface area contributed by atoms with Crippen molar-refractivity contribution in [1.29, 1.82) is 0 Å². The van der Waals surface area contributed by atoms with Crippen LogP contribution in [-0.4, -0.2) is 18.4 Å². The average molecular weight is 273 g/mol. The largest absolute Gasteiger partial charge is 0.426 e. The number of carbonyl (C=O) groups excluding carboxylic acids is 2. The minimum Gasteiger partial charge on any atom is -0.426 e. The fourth-order valence-corrected chi connectivity index (χ4v) is 2.98. The van der Waals surface area contributed by atoms with Crippen molar-refractivity contribution in [2.45, 2.75) is 38.5 Å². The molecule has 1 heterocycles. The molecule has 0 atom stereocenters. The van der Waals surface area contributed by atoms with E-state index in [0.717, 1.165) is 44.3 Å². The van der Waals surface area contributed by atoms with Crippen LogP contribution < -0.4 is 9.64 Å². The van der Waals surface area contributed by atoms with Crippen molar-refractivity contribution in [3.05, 3.63) is 24.3 Å². The van der Waals surface area contributed by atoms with Crippen LogP contribution in [0.1, 0.15) is 38.5 Å². The van der Waals surface area contributed by atoms with Crippen LogP contribution >= 0.6 is 0 Å². The first kappa shape index (κ1) is 13.2. The number of anilines is 1. The Kier molecular flexibility index (Phi) is 3.72. The van der Waals surface area contributed by atoms with Crippen molar-refractivity contribution in [2.24, 2.45) is 5.92 Å². The molecule has 1 aliphatic heterocycles. The van der Waals surface area contributed by atoms with E-state index in [-0.39, 0.29) is 17.8 Å². The molecule has 0 unspecified atom stereocenters. The van der Waals surface area contributed by atoms with Gasteiger partial charge >= 0.3 is 5.97 Å². The third-order valence-corrected chi connectivity index (χ3v) is 4.13. The molecule has 20 heavy (non-hydrogen) atoms. The summed E-state index contributed by atoms with van der Waals surface area (Å²) in [6.45, 7) is 0.778. The standard InChI is InChI=1S/C16H19NO3/c18-15-6-3-11-17(15)13-7-9-14(10-8-13)20-16(19)12-4-1-2-5-12/h7-10,12H,1-6,11H2. The lowest BCUT2D eigenvalue weighted by Crippen LogP contribution is -2.23. The quantitative estimate of drug-likeness (QED) is 0.628. The summed E-state index contributed by atoms with van der Waals surface area (Å²) in [6.07, 6.45) is 5.67. The van der Waals surface area contributed by atoms with Gasteiger partial charge < -0.3 is 9.64 Å². The number of ether oxygens (including phenoxy) is 1. The van der Waals surface area contributed by atoms with Crippen molar-refractivity contribution in [3.63, 3.8) is 0 Å². The van der Waals surface area contributed by atoms with Gasteiger partial charge in [0.15, 0.2) is 0 Å². The molecule has 1 saturated carbocycles. The minimum absolute atomic E-state index is 0.0647. The summed E-state index contributed by atoms with van der Waals surface area (Å²) < 4.78 is 5.40. The lowest BCUT2D eigenvalue weighted by atomic mass is 10.1. The molecule has 0 spiro atoms. The van der Waals surface area contributed by atoms with E-state index in [4.69, 9.17) is 4.74 Å². The Labute approximate surface area is 118 Å². The van der Waals surface area contributed by atoms with E-state index in [1.807, 2.05) is 12.1 Å². The fourth-order valence-electron chi connectivity index (χ4n) is 2.98. The van der Waals surface area contributed by atoms with E-state index in [9.17, 15) is 9.59 Å². The Hall–Kier alpha value is -1.84. The number of amides is 1. The van der Waals surface area contributed by atoms with Gasteiger partial charge in [-0.2, -0.15) is 0 Å². The highest BCUT2D eigenvalue weighted by atomic mass is 16.5. The summed E-state index contributed by atoms with van der Waals surface area (Å²) in [6, 6.07) is 7.24. The first-order chi connectivity index (χ1) is 9.74. The summed E-state index contributed by atoms with van der Waals surface area (Å²) in [5.41, 5.74) is 0.883. The first-order valence-electron chi connectivity index (χ1n) is 7.36. The summed E-state index contributed by atoms with van der Waals surface area (Å²) in [4.78, 5) is 25.4. The first-order valence-corrected chi connectivity index (χ1v) is 7.36. The second-order valence-corrected chi connectivity index (χ2v) is 5.55. The second kappa shape index (κ2) is 5.65. The monoisotopic (exact) mass is 273 g/mol. The van der Waals surface area contributed by atoms with Gasteiger partial charge in [0.25, 0.3) is 0 Å². The molecule has 106 valence electrons. The molecule has 2 aliphatic rings. The van der Waals surface area contributed by atoms with Crippen LogP contribution in [-0.2, 0) is 9.59 Å². The molecule has 4 heteroatoms. The molecular weight excluding hydrogens is 254 g/mol. The van der Waals surface area contributed by atoms with Gasteiger partial charge in [0.05, 0.1) is 5.92 Å². The Bertz CT molecular complexity index is 503. The summed E-state index contributed by atoms with van der Waals surface area (Å²) in [7, 11) is 0. The number of benzene rings is 1. The summed E-state index contributed by atoms with van der Waals surface area (Å²) in [5, 5.41) is 0. The number of esters is 1. The molecule has 1 saturated heterocycles. The SMILES string of the molecule is O=C(Oc1ccc(N2CCCC2=O)cc1)C1CCCC1. The number of hydrogen-bond acceptors (Lipinski definition) is 3. The Balaban J connectivity index is 1.63. The molecule has 1 amide bonds. The highest BCUT2D eigenvalue weighted by Crippen LogP contribution is 2.28. The van der Waals surface area contributed by atoms with Crippen molar-refractivity contribution in [3.8, 4) is 5.75 Å². The highest BCUT2D eigenvalue weighted by molar-refractivity contribution is 5.95. The third kappa shape index (κ3) is 2.69. The molecule has 0 radical (unpaired) electrons. The Morgan fingerprint density at radius 2 is 1.80 bits per heavy atom. The number of nitrogens with zero attached hydrogens (tertiary/aromatic N) is 1. The topological polar surface area (TPSA) is 46.6 Å². The molecular formula is C16H19NO3. The normalized spacial score (nSPS) is 19.6. The van der Waals surface area contributed by atoms with Gasteiger partial charge in [-0.3, -0.25) is 9.59 Å². The summed E-state index contributed by atoms with van der Waals surface area (Å²) >= 11 is 0. The van der Waals surface area contributed by atoms with E-state index in [0.29, 0.717) is 12.2 Å². The Morgan fingerprint density at radius 3 is 2.40 bits per heavy atom. The molecule has 0 bridgehead atoms. The smallest absolute Gasteiger partial charge is 0.314 e. The van der Waals surface area contributed by atoms with Crippen LogP contribution in [0.5, 0.6) is 5.75 Å². The lowest BCUT2D eigenvalue weighted by molar-refractivity contribution is -0.138. The number of hydrogen-bond donors (Lipinski definition) is 0. The van der Waals surface area contributed by atoms with Crippen LogP contribution in [0.25, 0.3) is 0 Å². The summed E-state index contributed by atoms with van der Waals surface area (Å²) in [5.74, 6) is 0.681. The van der Waals surface area contributed by atoms with Gasteiger partial charge in [0.2, 0.25) is 5.91 Å². The zero-order chi connectivity index (χ0) is 13.9.